The molecule has 0 saturated heterocycles. The summed E-state index contributed by atoms with van der Waals surface area (Å²) in [5.74, 6) is 1.19. The van der Waals surface area contributed by atoms with E-state index >= 15 is 0 Å². The molecule has 3 aromatic rings. The third-order valence-electron chi connectivity index (χ3n) is 3.85. The van der Waals surface area contributed by atoms with E-state index in [0.29, 0.717) is 34.1 Å². The fraction of sp³-hybridized carbons (Fsp3) is 0.105. The Morgan fingerprint density at radius 3 is 2.54 bits per heavy atom. The van der Waals surface area contributed by atoms with Crippen LogP contribution < -0.4 is 10.1 Å². The summed E-state index contributed by atoms with van der Waals surface area (Å²) in [6, 6.07) is 14.6. The van der Waals surface area contributed by atoms with E-state index in [1.165, 1.54) is 12.1 Å². The molecule has 0 atom stereocenters. The molecule has 3 rings (SSSR count). The number of hydrogen-bond acceptors (Lipinski definition) is 5. The molecule has 0 aliphatic heterocycles. The number of carbonyl (C=O) groups is 1. The van der Waals surface area contributed by atoms with Gasteiger partial charge in [0.25, 0.3) is 11.6 Å². The fourth-order valence-electron chi connectivity index (χ4n) is 2.50. The van der Waals surface area contributed by atoms with Crippen LogP contribution in [-0.2, 0) is 0 Å². The first kappa shape index (κ1) is 17.2. The topological polar surface area (TPSA) is 94.6 Å². The summed E-state index contributed by atoms with van der Waals surface area (Å²) < 4.78 is 10.7. The van der Waals surface area contributed by atoms with Crippen molar-refractivity contribution < 1.29 is 18.9 Å². The van der Waals surface area contributed by atoms with Crippen LogP contribution in [0.1, 0.15) is 16.1 Å². The van der Waals surface area contributed by atoms with E-state index in [2.05, 4.69) is 5.32 Å². The maximum atomic E-state index is 12.5. The van der Waals surface area contributed by atoms with Crippen molar-refractivity contribution in [2.45, 2.75) is 6.92 Å². The number of non-ortho nitro benzene ring substituents is 1. The molecule has 0 aliphatic rings. The molecular weight excluding hydrogens is 336 g/mol. The number of anilines is 1. The zero-order valence-electron chi connectivity index (χ0n) is 14.2. The largest absolute Gasteiger partial charge is 0.497 e. The lowest BCUT2D eigenvalue weighted by molar-refractivity contribution is -0.384. The normalized spacial score (nSPS) is 10.4. The zero-order valence-corrected chi connectivity index (χ0v) is 14.2. The summed E-state index contributed by atoms with van der Waals surface area (Å²) in [4.78, 5) is 22.9. The number of aryl methyl sites for hydroxylation is 1. The molecule has 0 spiro atoms. The van der Waals surface area contributed by atoms with E-state index in [-0.39, 0.29) is 11.6 Å². The Morgan fingerprint density at radius 2 is 1.88 bits per heavy atom. The zero-order chi connectivity index (χ0) is 18.7. The number of hydrogen-bond donors (Lipinski definition) is 1. The first-order valence-electron chi connectivity index (χ1n) is 7.78. The van der Waals surface area contributed by atoms with E-state index in [0.717, 1.165) is 0 Å². The molecule has 0 radical (unpaired) electrons. The number of rotatable bonds is 5. The molecule has 1 amide bonds. The first-order valence-corrected chi connectivity index (χ1v) is 7.78. The predicted molar refractivity (Wildman–Crippen MR) is 96.5 cm³/mol. The second-order valence-electron chi connectivity index (χ2n) is 5.57. The molecule has 1 N–H and O–H groups in total. The Labute approximate surface area is 149 Å². The average molecular weight is 352 g/mol. The van der Waals surface area contributed by atoms with Crippen molar-refractivity contribution in [2.24, 2.45) is 0 Å². The fourth-order valence-corrected chi connectivity index (χ4v) is 2.50. The molecule has 0 fully saturated rings. The van der Waals surface area contributed by atoms with E-state index in [1.807, 2.05) is 0 Å². The van der Waals surface area contributed by atoms with Gasteiger partial charge in [0.2, 0.25) is 0 Å². The molecular formula is C19H16N2O5. The number of benzene rings is 2. The molecule has 0 bridgehead atoms. The monoisotopic (exact) mass is 352 g/mol. The van der Waals surface area contributed by atoms with E-state index in [4.69, 9.17) is 9.15 Å². The second-order valence-corrected chi connectivity index (χ2v) is 5.57. The Morgan fingerprint density at radius 1 is 1.15 bits per heavy atom. The van der Waals surface area contributed by atoms with Gasteiger partial charge in [-0.1, -0.05) is 12.1 Å². The molecule has 132 valence electrons. The quantitative estimate of drug-likeness (QED) is 0.541. The standard InChI is InChI=1S/C19H16N2O5/c1-12-17(19(22)20-14-6-8-16(25-2)9-7-14)11-18(26-12)13-4-3-5-15(10-13)21(23)24/h3-11H,1-2H3,(H,20,22). The van der Waals surface area contributed by atoms with Gasteiger partial charge < -0.3 is 14.5 Å². The summed E-state index contributed by atoms with van der Waals surface area (Å²) in [6.45, 7) is 1.67. The molecule has 0 aliphatic carbocycles. The highest BCUT2D eigenvalue weighted by molar-refractivity contribution is 6.05. The van der Waals surface area contributed by atoms with Crippen molar-refractivity contribution in [3.8, 4) is 17.1 Å². The molecule has 26 heavy (non-hydrogen) atoms. The van der Waals surface area contributed by atoms with Crippen LogP contribution >= 0.6 is 0 Å². The van der Waals surface area contributed by atoms with Crippen molar-refractivity contribution in [3.63, 3.8) is 0 Å². The highest BCUT2D eigenvalue weighted by Gasteiger charge is 2.17. The maximum absolute atomic E-state index is 12.5. The summed E-state index contributed by atoms with van der Waals surface area (Å²) in [5, 5.41) is 13.7. The predicted octanol–water partition coefficient (Wildman–Crippen LogP) is 4.42. The number of ether oxygens (including phenoxy) is 1. The minimum atomic E-state index is -0.476. The van der Waals surface area contributed by atoms with Gasteiger partial charge in [-0.3, -0.25) is 14.9 Å². The highest BCUT2D eigenvalue weighted by atomic mass is 16.6. The summed E-state index contributed by atoms with van der Waals surface area (Å²) in [6.07, 6.45) is 0. The first-order chi connectivity index (χ1) is 12.5. The van der Waals surface area contributed by atoms with Crippen LogP contribution in [0.5, 0.6) is 5.75 Å². The maximum Gasteiger partial charge on any atom is 0.270 e. The van der Waals surface area contributed by atoms with Gasteiger partial charge in [0.15, 0.2) is 0 Å². The number of amides is 1. The summed E-state index contributed by atoms with van der Waals surface area (Å²) >= 11 is 0. The lowest BCUT2D eigenvalue weighted by Crippen LogP contribution is -2.11. The molecule has 7 heteroatoms. The van der Waals surface area contributed by atoms with Crippen molar-refractivity contribution in [2.75, 3.05) is 12.4 Å². The number of carbonyl (C=O) groups excluding carboxylic acids is 1. The number of furan rings is 1. The summed E-state index contributed by atoms with van der Waals surface area (Å²) in [5.41, 5.74) is 1.47. The average Bonchev–Trinajstić information content (AvgIpc) is 3.04. The van der Waals surface area contributed by atoms with E-state index < -0.39 is 4.92 Å². The number of nitrogens with one attached hydrogen (secondary N) is 1. The second kappa shape index (κ2) is 7.10. The van der Waals surface area contributed by atoms with Gasteiger partial charge in [-0.25, -0.2) is 0 Å². The lowest BCUT2D eigenvalue weighted by atomic mass is 10.1. The number of nitrogens with zero attached hydrogens (tertiary/aromatic N) is 1. The molecule has 1 heterocycles. The Kier molecular flexibility index (Phi) is 4.70. The van der Waals surface area contributed by atoms with Crippen LogP contribution in [0.3, 0.4) is 0 Å². The van der Waals surface area contributed by atoms with Crippen molar-refractivity contribution >= 4 is 17.3 Å². The molecule has 2 aromatic carbocycles. The van der Waals surface area contributed by atoms with Crippen LogP contribution in [0.25, 0.3) is 11.3 Å². The van der Waals surface area contributed by atoms with Gasteiger partial charge >= 0.3 is 0 Å². The van der Waals surface area contributed by atoms with Crippen LogP contribution in [0, 0.1) is 17.0 Å². The smallest absolute Gasteiger partial charge is 0.270 e. The minimum Gasteiger partial charge on any atom is -0.497 e. The molecule has 1 aromatic heterocycles. The number of methoxy groups -OCH3 is 1. The lowest BCUT2D eigenvalue weighted by Gasteiger charge is -2.05. The summed E-state index contributed by atoms with van der Waals surface area (Å²) in [7, 11) is 1.57. The van der Waals surface area contributed by atoms with Gasteiger partial charge in [-0.2, -0.15) is 0 Å². The number of nitro groups is 1. The minimum absolute atomic E-state index is 0.0409. The van der Waals surface area contributed by atoms with Gasteiger partial charge in [-0.05, 0) is 37.3 Å². The van der Waals surface area contributed by atoms with Gasteiger partial charge in [0.05, 0.1) is 17.6 Å². The third kappa shape index (κ3) is 3.56. The Bertz CT molecular complexity index is 960. The van der Waals surface area contributed by atoms with Crippen LogP contribution in [0.2, 0.25) is 0 Å². The Hall–Kier alpha value is -3.61. The van der Waals surface area contributed by atoms with E-state index in [9.17, 15) is 14.9 Å². The molecule has 0 unspecified atom stereocenters. The van der Waals surface area contributed by atoms with Crippen LogP contribution in [-0.4, -0.2) is 17.9 Å². The van der Waals surface area contributed by atoms with Crippen LogP contribution in [0.4, 0.5) is 11.4 Å². The SMILES string of the molecule is COc1ccc(NC(=O)c2cc(-c3cccc([N+](=O)[O-])c3)oc2C)cc1. The van der Waals surface area contributed by atoms with Crippen molar-refractivity contribution in [3.05, 3.63) is 76.0 Å². The Balaban J connectivity index is 1.84. The van der Waals surface area contributed by atoms with E-state index in [1.54, 1.807) is 56.5 Å². The van der Waals surface area contributed by atoms with Crippen molar-refractivity contribution in [1.29, 1.82) is 0 Å². The van der Waals surface area contributed by atoms with Gasteiger partial charge in [0.1, 0.15) is 17.3 Å². The number of nitro benzene ring substituents is 1. The molecule has 0 saturated carbocycles. The van der Waals surface area contributed by atoms with Gasteiger partial charge in [-0.15, -0.1) is 0 Å². The third-order valence-corrected chi connectivity index (χ3v) is 3.85. The highest BCUT2D eigenvalue weighted by Crippen LogP contribution is 2.28. The van der Waals surface area contributed by atoms with Crippen molar-refractivity contribution in [1.82, 2.24) is 0 Å². The van der Waals surface area contributed by atoms with Crippen LogP contribution in [0.15, 0.2) is 59.0 Å². The van der Waals surface area contributed by atoms with Gasteiger partial charge in [0, 0.05) is 23.4 Å². The molecule has 7 nitrogen and oxygen atoms in total.